The van der Waals surface area contributed by atoms with Crippen LogP contribution in [0.5, 0.6) is 0 Å². The molecule has 0 aliphatic heterocycles. The molecule has 0 aromatic carbocycles. The molecular weight excluding hydrogens is 912 g/mol. The average molecular weight is 1040 g/mol. The summed E-state index contributed by atoms with van der Waals surface area (Å²) < 4.78 is 23.4. The molecule has 0 radical (unpaired) electrons. The number of hydrogen-bond acceptors (Lipinski definition) is 6. The van der Waals surface area contributed by atoms with E-state index < -0.39 is 20.0 Å². The van der Waals surface area contributed by atoms with E-state index in [1.165, 1.54) is 250 Å². The number of nitrogens with zero attached hydrogens (tertiary/aromatic N) is 1. The second-order valence-corrected chi connectivity index (χ2v) is 24.2. The second-order valence-electron chi connectivity index (χ2n) is 22.8. The van der Waals surface area contributed by atoms with E-state index in [-0.39, 0.29) is 19.1 Å². The Kier molecular flexibility index (Phi) is 53.5. The van der Waals surface area contributed by atoms with Gasteiger partial charge in [-0.15, -0.1) is 0 Å². The van der Waals surface area contributed by atoms with Crippen molar-refractivity contribution in [3.63, 3.8) is 0 Å². The summed E-state index contributed by atoms with van der Waals surface area (Å²) >= 11 is 0. The van der Waals surface area contributed by atoms with Crippen molar-refractivity contribution in [2.75, 3.05) is 40.9 Å². The number of carbonyl (C=O) groups is 1. The fraction of sp³-hybridized carbons (Fsp3) is 0.889. The van der Waals surface area contributed by atoms with Crippen LogP contribution in [0, 0.1) is 0 Å². The smallest absolute Gasteiger partial charge is 0.268 e. The lowest BCUT2D eigenvalue weighted by molar-refractivity contribution is -0.870. The summed E-state index contributed by atoms with van der Waals surface area (Å²) in [6, 6.07) is -0.903. The Hall–Kier alpha value is -1.28. The Morgan fingerprint density at radius 2 is 0.778 bits per heavy atom. The van der Waals surface area contributed by atoms with E-state index in [1.807, 2.05) is 27.2 Å². The van der Waals surface area contributed by atoms with Crippen LogP contribution in [0.3, 0.4) is 0 Å². The molecule has 0 aliphatic rings. The molecule has 0 spiro atoms. The third-order valence-corrected chi connectivity index (χ3v) is 15.3. The van der Waals surface area contributed by atoms with E-state index in [1.54, 1.807) is 6.08 Å². The second kappa shape index (κ2) is 54.5. The number of unbranched alkanes of at least 4 members (excludes halogenated alkanes) is 41. The van der Waals surface area contributed by atoms with Crippen LogP contribution in [0.25, 0.3) is 0 Å². The van der Waals surface area contributed by atoms with E-state index in [2.05, 4.69) is 43.5 Å². The zero-order chi connectivity index (χ0) is 52.7. The normalized spacial score (nSPS) is 14.0. The predicted molar refractivity (Wildman–Crippen MR) is 311 cm³/mol. The van der Waals surface area contributed by atoms with Crippen LogP contribution in [0.2, 0.25) is 0 Å². The highest BCUT2D eigenvalue weighted by molar-refractivity contribution is 7.45. The average Bonchev–Trinajstić information content (AvgIpc) is 3.34. The van der Waals surface area contributed by atoms with E-state index in [9.17, 15) is 19.4 Å². The molecular formula is C63H123N2O6P. The number of rotatable bonds is 58. The largest absolute Gasteiger partial charge is 0.756 e. The van der Waals surface area contributed by atoms with Gasteiger partial charge in [-0.3, -0.25) is 9.36 Å². The lowest BCUT2D eigenvalue weighted by Gasteiger charge is -2.29. The van der Waals surface area contributed by atoms with Crippen LogP contribution in [-0.4, -0.2) is 68.5 Å². The highest BCUT2D eigenvalue weighted by Gasteiger charge is 2.23. The molecule has 3 unspecified atom stereocenters. The molecule has 3 atom stereocenters. The maximum Gasteiger partial charge on any atom is 0.268 e. The molecule has 9 heteroatoms. The van der Waals surface area contributed by atoms with E-state index in [4.69, 9.17) is 9.05 Å². The number of carbonyl (C=O) groups excluding carboxylic acids is 1. The van der Waals surface area contributed by atoms with Gasteiger partial charge in [0.2, 0.25) is 5.91 Å². The summed E-state index contributed by atoms with van der Waals surface area (Å²) in [7, 11) is 1.25. The van der Waals surface area contributed by atoms with Crippen molar-refractivity contribution in [3.8, 4) is 0 Å². The van der Waals surface area contributed by atoms with Gasteiger partial charge in [0.05, 0.1) is 39.9 Å². The molecule has 0 aromatic heterocycles. The van der Waals surface area contributed by atoms with Crippen molar-refractivity contribution >= 4 is 13.7 Å². The molecule has 0 bridgehead atoms. The Balaban J connectivity index is 4.10. The third-order valence-electron chi connectivity index (χ3n) is 14.3. The van der Waals surface area contributed by atoms with Crippen LogP contribution < -0.4 is 10.2 Å². The highest BCUT2D eigenvalue weighted by atomic mass is 31.2. The Morgan fingerprint density at radius 1 is 0.472 bits per heavy atom. The fourth-order valence-corrected chi connectivity index (χ4v) is 10.1. The molecule has 0 aliphatic carbocycles. The summed E-state index contributed by atoms with van der Waals surface area (Å²) in [6.45, 7) is 4.67. The minimum Gasteiger partial charge on any atom is -0.756 e. The van der Waals surface area contributed by atoms with Crippen molar-refractivity contribution in [2.24, 2.45) is 0 Å². The van der Waals surface area contributed by atoms with Gasteiger partial charge in [0, 0.05) is 6.42 Å². The molecule has 0 heterocycles. The van der Waals surface area contributed by atoms with Crippen LogP contribution in [0.4, 0.5) is 0 Å². The zero-order valence-electron chi connectivity index (χ0n) is 48.6. The molecule has 72 heavy (non-hydrogen) atoms. The quantitative estimate of drug-likeness (QED) is 0.0272. The van der Waals surface area contributed by atoms with E-state index >= 15 is 0 Å². The number of hydrogen-bond donors (Lipinski definition) is 2. The van der Waals surface area contributed by atoms with Crippen LogP contribution >= 0.6 is 7.82 Å². The molecule has 0 aromatic rings. The minimum absolute atomic E-state index is 0.00506. The standard InChI is InChI=1S/C63H123N2O6P/c1-6-8-10-12-14-16-18-20-22-24-26-27-28-29-30-31-32-33-34-35-36-37-39-41-43-45-47-49-51-53-55-57-63(67)64-61(60-71-72(68,69)70-59-58-65(3,4)5)62(66)56-54-52-50-48-46-44-42-40-38-25-23-21-19-17-15-13-11-9-7-2/h29-30,46,48,54,56,61-62,66H,6-28,31-45,47,49-53,55,57-60H2,1-5H3,(H-,64,67,68,69)/b30-29-,48-46+,56-54+. The number of aliphatic hydroxyl groups excluding tert-OH is 1. The predicted octanol–water partition coefficient (Wildman–Crippen LogP) is 18.7. The first kappa shape index (κ1) is 70.7. The maximum atomic E-state index is 13.0. The van der Waals surface area contributed by atoms with Gasteiger partial charge >= 0.3 is 0 Å². The number of quaternary nitrogens is 1. The van der Waals surface area contributed by atoms with Gasteiger partial charge in [-0.2, -0.15) is 0 Å². The Bertz CT molecular complexity index is 1270. The first-order valence-corrected chi connectivity index (χ1v) is 32.8. The number of amides is 1. The Labute approximate surface area is 448 Å². The molecule has 1 amide bonds. The van der Waals surface area contributed by atoms with E-state index in [0.29, 0.717) is 17.4 Å². The summed E-state index contributed by atoms with van der Waals surface area (Å²) in [5, 5.41) is 13.9. The number of likely N-dealkylation sites (N-methyl/N-ethyl adjacent to an activating group) is 1. The van der Waals surface area contributed by atoms with Gasteiger partial charge in [-0.05, 0) is 57.8 Å². The van der Waals surface area contributed by atoms with Crippen molar-refractivity contribution in [3.05, 3.63) is 36.5 Å². The lowest BCUT2D eigenvalue weighted by atomic mass is 10.0. The number of phosphoric acid groups is 1. The maximum absolute atomic E-state index is 13.0. The van der Waals surface area contributed by atoms with Gasteiger partial charge in [0.25, 0.3) is 7.82 Å². The monoisotopic (exact) mass is 1030 g/mol. The molecule has 426 valence electrons. The molecule has 0 saturated heterocycles. The summed E-state index contributed by atoms with van der Waals surface area (Å²) in [5.74, 6) is -0.202. The van der Waals surface area contributed by atoms with Crippen molar-refractivity contribution in [2.45, 2.75) is 321 Å². The lowest BCUT2D eigenvalue weighted by Crippen LogP contribution is -2.45. The zero-order valence-corrected chi connectivity index (χ0v) is 49.5. The first-order chi connectivity index (χ1) is 35.0. The number of phosphoric ester groups is 1. The highest BCUT2D eigenvalue weighted by Crippen LogP contribution is 2.38. The Morgan fingerprint density at radius 3 is 1.12 bits per heavy atom. The van der Waals surface area contributed by atoms with Crippen molar-refractivity contribution in [1.82, 2.24) is 5.32 Å². The molecule has 0 fully saturated rings. The molecule has 8 nitrogen and oxygen atoms in total. The summed E-state index contributed by atoms with van der Waals surface area (Å²) in [4.78, 5) is 25.5. The van der Waals surface area contributed by atoms with Gasteiger partial charge in [-0.25, -0.2) is 0 Å². The molecule has 0 rings (SSSR count). The summed E-state index contributed by atoms with van der Waals surface area (Å²) in [6.07, 6.45) is 71.0. The molecule has 0 saturated carbocycles. The number of nitrogens with one attached hydrogen (secondary N) is 1. The first-order valence-electron chi connectivity index (χ1n) is 31.4. The van der Waals surface area contributed by atoms with E-state index in [0.717, 1.165) is 38.5 Å². The van der Waals surface area contributed by atoms with Crippen LogP contribution in [-0.2, 0) is 18.4 Å². The van der Waals surface area contributed by atoms with Gasteiger partial charge in [-0.1, -0.05) is 281 Å². The van der Waals surface area contributed by atoms with Crippen LogP contribution in [0.1, 0.15) is 309 Å². The van der Waals surface area contributed by atoms with Crippen molar-refractivity contribution in [1.29, 1.82) is 0 Å². The fourth-order valence-electron chi connectivity index (χ4n) is 9.40. The number of aliphatic hydroxyl groups is 1. The van der Waals surface area contributed by atoms with Gasteiger partial charge < -0.3 is 28.8 Å². The SMILES string of the molecule is CCCCCCCCCCCCCC/C=C\CCCCCCCCCCCCCCCCCC(=O)NC(COP(=O)([O-])OCC[N+](C)(C)C)C(O)/C=C/CC/C=C/CCCCCCCCCCCCCCC. The van der Waals surface area contributed by atoms with Crippen LogP contribution in [0.15, 0.2) is 36.5 Å². The minimum atomic E-state index is -4.61. The van der Waals surface area contributed by atoms with Gasteiger partial charge in [0.1, 0.15) is 13.2 Å². The van der Waals surface area contributed by atoms with Gasteiger partial charge in [0.15, 0.2) is 0 Å². The number of allylic oxidation sites excluding steroid dienone is 5. The topological polar surface area (TPSA) is 108 Å². The van der Waals surface area contributed by atoms with Crippen molar-refractivity contribution < 1.29 is 32.9 Å². The third kappa shape index (κ3) is 56.4. The summed E-state index contributed by atoms with van der Waals surface area (Å²) in [5.41, 5.74) is 0. The molecule has 2 N–H and O–H groups in total.